The van der Waals surface area contributed by atoms with E-state index in [9.17, 15) is 4.79 Å². The van der Waals surface area contributed by atoms with Crippen molar-refractivity contribution in [2.75, 3.05) is 32.8 Å². The third-order valence-electron chi connectivity index (χ3n) is 5.91. The average Bonchev–Trinajstić information content (AvgIpc) is 3.19. The van der Waals surface area contributed by atoms with E-state index in [0.29, 0.717) is 17.9 Å². The fourth-order valence-electron chi connectivity index (χ4n) is 4.55. The third kappa shape index (κ3) is 3.70. The Bertz CT molecular complexity index is 579. The highest BCUT2D eigenvalue weighted by molar-refractivity contribution is 5.85. The van der Waals surface area contributed by atoms with Gasteiger partial charge in [-0.25, -0.2) is 0 Å². The first-order chi connectivity index (χ1) is 11.7. The summed E-state index contributed by atoms with van der Waals surface area (Å²) in [5.41, 5.74) is 7.70. The molecule has 0 radical (unpaired) electrons. The van der Waals surface area contributed by atoms with Crippen LogP contribution in [0.3, 0.4) is 0 Å². The van der Waals surface area contributed by atoms with E-state index in [1.165, 1.54) is 5.56 Å². The Hall–Kier alpha value is -1.14. The topological polar surface area (TPSA) is 58.8 Å². The van der Waals surface area contributed by atoms with Gasteiger partial charge < -0.3 is 15.4 Å². The lowest BCUT2D eigenvalue weighted by Crippen LogP contribution is -2.46. The highest BCUT2D eigenvalue weighted by Gasteiger charge is 2.43. The van der Waals surface area contributed by atoms with Crippen molar-refractivity contribution in [1.82, 2.24) is 9.80 Å². The Kier molecular flexibility index (Phi) is 6.00. The van der Waals surface area contributed by atoms with E-state index in [4.69, 9.17) is 10.5 Å². The van der Waals surface area contributed by atoms with Gasteiger partial charge in [-0.05, 0) is 24.8 Å². The molecule has 3 saturated heterocycles. The fraction of sp³-hybridized carbons (Fsp3) is 0.632. The van der Waals surface area contributed by atoms with Gasteiger partial charge in [-0.2, -0.15) is 0 Å². The molecule has 0 spiro atoms. The Morgan fingerprint density at radius 2 is 1.76 bits per heavy atom. The van der Waals surface area contributed by atoms with E-state index in [2.05, 4.69) is 34.1 Å². The largest absolute Gasteiger partial charge is 0.381 e. The van der Waals surface area contributed by atoms with Crippen LogP contribution >= 0.6 is 12.4 Å². The van der Waals surface area contributed by atoms with Gasteiger partial charge in [0.15, 0.2) is 0 Å². The maximum Gasteiger partial charge on any atom is 0.240 e. The molecule has 6 heteroatoms. The minimum absolute atomic E-state index is 0. The summed E-state index contributed by atoms with van der Waals surface area (Å²) in [6, 6.07) is 11.0. The fourth-order valence-corrected chi connectivity index (χ4v) is 4.55. The van der Waals surface area contributed by atoms with E-state index in [-0.39, 0.29) is 24.5 Å². The maximum absolute atomic E-state index is 12.9. The predicted molar refractivity (Wildman–Crippen MR) is 99.9 cm³/mol. The molecule has 0 aromatic heterocycles. The summed E-state index contributed by atoms with van der Waals surface area (Å²) in [7, 11) is 0. The van der Waals surface area contributed by atoms with Crippen LogP contribution in [0.5, 0.6) is 0 Å². The second-order valence-corrected chi connectivity index (χ2v) is 7.31. The van der Waals surface area contributed by atoms with Crippen LogP contribution in [0.1, 0.15) is 30.7 Å². The van der Waals surface area contributed by atoms with Gasteiger partial charge in [0.2, 0.25) is 5.91 Å². The monoisotopic (exact) mass is 365 g/mol. The molecule has 3 fully saturated rings. The van der Waals surface area contributed by atoms with E-state index < -0.39 is 0 Å². The zero-order valence-electron chi connectivity index (χ0n) is 14.5. The molecule has 0 bridgehead atoms. The van der Waals surface area contributed by atoms with Crippen molar-refractivity contribution in [2.24, 2.45) is 5.73 Å². The SMILES string of the molecule is Cl.N[C@@H]1CN(C2CCN(C3CCOCC3)C2=O)C[C@H]1c1ccccc1. The molecule has 1 aromatic rings. The highest BCUT2D eigenvalue weighted by atomic mass is 35.5. The molecule has 3 aliphatic heterocycles. The molecule has 2 N–H and O–H groups in total. The summed E-state index contributed by atoms with van der Waals surface area (Å²) < 4.78 is 5.43. The molecule has 25 heavy (non-hydrogen) atoms. The molecule has 5 nitrogen and oxygen atoms in total. The first-order valence-electron chi connectivity index (χ1n) is 9.17. The number of nitrogens with two attached hydrogens (primary N) is 1. The molecule has 1 aromatic carbocycles. The van der Waals surface area contributed by atoms with Crippen LogP contribution in [-0.4, -0.2) is 66.7 Å². The standard InChI is InChI=1S/C19H27N3O2.ClH/c20-17-13-21(12-16(17)14-4-2-1-3-5-14)18-6-9-22(19(18)23)15-7-10-24-11-8-15;/h1-5,15-18H,6-13,20H2;1H/t16-,17+,18?;/m0./s1. The predicted octanol–water partition coefficient (Wildman–Crippen LogP) is 1.61. The first kappa shape index (κ1) is 18.6. The summed E-state index contributed by atoms with van der Waals surface area (Å²) in [5, 5.41) is 0. The molecule has 1 unspecified atom stereocenters. The van der Waals surface area contributed by atoms with E-state index in [1.807, 2.05) is 6.07 Å². The van der Waals surface area contributed by atoms with Crippen LogP contribution in [0.2, 0.25) is 0 Å². The summed E-state index contributed by atoms with van der Waals surface area (Å²) in [6.07, 6.45) is 2.89. The minimum atomic E-state index is 0. The van der Waals surface area contributed by atoms with Crippen molar-refractivity contribution in [3.8, 4) is 0 Å². The lowest BCUT2D eigenvalue weighted by molar-refractivity contribution is -0.135. The van der Waals surface area contributed by atoms with E-state index in [0.717, 1.165) is 52.1 Å². The quantitative estimate of drug-likeness (QED) is 0.884. The van der Waals surface area contributed by atoms with E-state index in [1.54, 1.807) is 0 Å². The summed E-state index contributed by atoms with van der Waals surface area (Å²) in [5.74, 6) is 0.638. The lowest BCUT2D eigenvalue weighted by atomic mass is 9.95. The van der Waals surface area contributed by atoms with Gasteiger partial charge in [0.05, 0.1) is 6.04 Å². The summed E-state index contributed by atoms with van der Waals surface area (Å²) in [6.45, 7) is 4.16. The molecular weight excluding hydrogens is 338 g/mol. The van der Waals surface area contributed by atoms with Crippen molar-refractivity contribution in [1.29, 1.82) is 0 Å². The lowest BCUT2D eigenvalue weighted by Gasteiger charge is -2.32. The first-order valence-corrected chi connectivity index (χ1v) is 9.17. The van der Waals surface area contributed by atoms with Crippen molar-refractivity contribution >= 4 is 18.3 Å². The Morgan fingerprint density at radius 3 is 2.48 bits per heavy atom. The van der Waals surface area contributed by atoms with Crippen LogP contribution < -0.4 is 5.73 Å². The number of halogens is 1. The summed E-state index contributed by atoms with van der Waals surface area (Å²) >= 11 is 0. The smallest absolute Gasteiger partial charge is 0.240 e. The number of amides is 1. The Balaban J connectivity index is 0.00000182. The number of ether oxygens (including phenoxy) is 1. The highest BCUT2D eigenvalue weighted by Crippen LogP contribution is 2.31. The third-order valence-corrected chi connectivity index (χ3v) is 5.91. The second-order valence-electron chi connectivity index (χ2n) is 7.31. The molecule has 3 aliphatic rings. The van der Waals surface area contributed by atoms with Gasteiger partial charge in [-0.3, -0.25) is 9.69 Å². The average molecular weight is 366 g/mol. The van der Waals surface area contributed by atoms with Crippen LogP contribution in [0.4, 0.5) is 0 Å². The number of rotatable bonds is 3. The Labute approximate surface area is 155 Å². The molecule has 0 saturated carbocycles. The number of hydrogen-bond donors (Lipinski definition) is 1. The number of hydrogen-bond acceptors (Lipinski definition) is 4. The van der Waals surface area contributed by atoms with Crippen LogP contribution in [0.15, 0.2) is 30.3 Å². The van der Waals surface area contributed by atoms with Gasteiger partial charge >= 0.3 is 0 Å². The zero-order valence-corrected chi connectivity index (χ0v) is 15.4. The maximum atomic E-state index is 12.9. The molecule has 3 heterocycles. The molecule has 138 valence electrons. The number of nitrogens with zero attached hydrogens (tertiary/aromatic N) is 2. The van der Waals surface area contributed by atoms with E-state index >= 15 is 0 Å². The molecule has 3 atom stereocenters. The van der Waals surface area contributed by atoms with Crippen LogP contribution in [-0.2, 0) is 9.53 Å². The summed E-state index contributed by atoms with van der Waals surface area (Å²) in [4.78, 5) is 17.4. The van der Waals surface area contributed by atoms with Gasteiger partial charge in [0, 0.05) is 50.8 Å². The Morgan fingerprint density at radius 1 is 1.04 bits per heavy atom. The minimum Gasteiger partial charge on any atom is -0.381 e. The van der Waals surface area contributed by atoms with Gasteiger partial charge in [-0.15, -0.1) is 12.4 Å². The second kappa shape index (κ2) is 8.04. The molecule has 1 amide bonds. The van der Waals surface area contributed by atoms with Gasteiger partial charge in [-0.1, -0.05) is 30.3 Å². The van der Waals surface area contributed by atoms with Crippen molar-refractivity contribution in [3.05, 3.63) is 35.9 Å². The van der Waals surface area contributed by atoms with Crippen LogP contribution in [0.25, 0.3) is 0 Å². The van der Waals surface area contributed by atoms with Gasteiger partial charge in [0.1, 0.15) is 0 Å². The number of benzene rings is 1. The van der Waals surface area contributed by atoms with Crippen molar-refractivity contribution in [2.45, 2.75) is 43.3 Å². The zero-order chi connectivity index (χ0) is 16.5. The normalized spacial score (nSPS) is 31.3. The van der Waals surface area contributed by atoms with Crippen molar-refractivity contribution < 1.29 is 9.53 Å². The molecule has 4 rings (SSSR count). The molecule has 0 aliphatic carbocycles. The van der Waals surface area contributed by atoms with Crippen molar-refractivity contribution in [3.63, 3.8) is 0 Å². The number of carbonyl (C=O) groups excluding carboxylic acids is 1. The number of carbonyl (C=O) groups is 1. The van der Waals surface area contributed by atoms with Gasteiger partial charge in [0.25, 0.3) is 0 Å². The number of likely N-dealkylation sites (tertiary alicyclic amines) is 2. The van der Waals surface area contributed by atoms with Crippen LogP contribution in [0, 0.1) is 0 Å². The molecular formula is C19H28ClN3O2.